The summed E-state index contributed by atoms with van der Waals surface area (Å²) >= 11 is 0. The van der Waals surface area contributed by atoms with Crippen LogP contribution >= 0.6 is 0 Å². The summed E-state index contributed by atoms with van der Waals surface area (Å²) in [5.74, 6) is 0.469. The highest BCUT2D eigenvalue weighted by molar-refractivity contribution is 7.83. The summed E-state index contributed by atoms with van der Waals surface area (Å²) in [6.07, 6.45) is 2.04. The van der Waals surface area contributed by atoms with Crippen LogP contribution in [-0.2, 0) is 27.8 Å². The van der Waals surface area contributed by atoms with Crippen LogP contribution in [0.5, 0.6) is 0 Å². The lowest BCUT2D eigenvalue weighted by atomic mass is 10.1. The van der Waals surface area contributed by atoms with Crippen LogP contribution in [0.4, 0.5) is 5.69 Å². The van der Waals surface area contributed by atoms with E-state index in [4.69, 9.17) is 0 Å². The number of nitrogens with one attached hydrogen (secondary N) is 1. The molecule has 0 aliphatic rings. The molecule has 2 rings (SSSR count). The van der Waals surface area contributed by atoms with Crippen molar-refractivity contribution in [1.29, 1.82) is 0 Å². The minimum Gasteiger partial charge on any atom is -0.326 e. The molecule has 0 aliphatic heterocycles. The molecule has 2 aromatic rings. The molecule has 116 valence electrons. The van der Waals surface area contributed by atoms with Crippen molar-refractivity contribution in [3.8, 4) is 0 Å². The lowest BCUT2D eigenvalue weighted by Gasteiger charge is -2.12. The third-order valence-corrected chi connectivity index (χ3v) is 4.24. The molecule has 0 aliphatic carbocycles. The van der Waals surface area contributed by atoms with Crippen LogP contribution in [-0.4, -0.2) is 16.4 Å². The Labute approximate surface area is 134 Å². The molecule has 1 atom stereocenters. The van der Waals surface area contributed by atoms with Crippen molar-refractivity contribution in [3.05, 3.63) is 64.7 Å². The number of benzene rings is 2. The minimum atomic E-state index is -0.895. The third-order valence-electron chi connectivity index (χ3n) is 3.53. The molecule has 1 amide bonds. The number of anilines is 1. The monoisotopic (exact) mass is 315 g/mol. The maximum atomic E-state index is 12.2. The molecular weight excluding hydrogens is 294 g/mol. The van der Waals surface area contributed by atoms with Crippen molar-refractivity contribution in [2.75, 3.05) is 11.6 Å². The van der Waals surface area contributed by atoms with Gasteiger partial charge in [-0.05, 0) is 36.6 Å². The summed E-state index contributed by atoms with van der Waals surface area (Å²) < 4.78 is 11.4. The fraction of sp³-hybridized carbons (Fsp3) is 0.278. The van der Waals surface area contributed by atoms with Gasteiger partial charge in [-0.3, -0.25) is 9.00 Å². The van der Waals surface area contributed by atoms with Gasteiger partial charge >= 0.3 is 0 Å². The van der Waals surface area contributed by atoms with Crippen molar-refractivity contribution < 1.29 is 9.00 Å². The van der Waals surface area contributed by atoms with E-state index in [0.29, 0.717) is 12.2 Å². The van der Waals surface area contributed by atoms with Crippen molar-refractivity contribution in [1.82, 2.24) is 0 Å². The van der Waals surface area contributed by atoms with E-state index in [-0.39, 0.29) is 5.91 Å². The van der Waals surface area contributed by atoms with Gasteiger partial charge in [0.15, 0.2) is 0 Å². The van der Waals surface area contributed by atoms with Gasteiger partial charge in [-0.25, -0.2) is 0 Å². The first-order valence-electron chi connectivity index (χ1n) is 7.19. The van der Waals surface area contributed by atoms with Crippen LogP contribution in [0.3, 0.4) is 0 Å². The Hall–Kier alpha value is -1.94. The zero-order valence-electron chi connectivity index (χ0n) is 13.2. The lowest BCUT2D eigenvalue weighted by molar-refractivity contribution is -0.115. The molecule has 0 radical (unpaired) electrons. The molecule has 0 fully saturated rings. The Bertz CT molecular complexity index is 710. The van der Waals surface area contributed by atoms with E-state index in [0.717, 1.165) is 27.9 Å². The minimum absolute atomic E-state index is 0.0385. The molecule has 0 spiro atoms. The molecule has 0 heterocycles. The van der Waals surface area contributed by atoms with Gasteiger partial charge in [-0.15, -0.1) is 0 Å². The molecule has 22 heavy (non-hydrogen) atoms. The highest BCUT2D eigenvalue weighted by atomic mass is 32.2. The first kappa shape index (κ1) is 16.4. The van der Waals surface area contributed by atoms with Crippen LogP contribution in [0, 0.1) is 13.8 Å². The number of carbonyl (C=O) groups is 1. The quantitative estimate of drug-likeness (QED) is 0.919. The first-order chi connectivity index (χ1) is 10.5. The summed E-state index contributed by atoms with van der Waals surface area (Å²) in [6.45, 7) is 3.96. The Kier molecular flexibility index (Phi) is 5.50. The highest BCUT2D eigenvalue weighted by Crippen LogP contribution is 2.20. The van der Waals surface area contributed by atoms with Gasteiger partial charge in [0, 0.05) is 28.5 Å². The second-order valence-corrected chi connectivity index (χ2v) is 6.96. The van der Waals surface area contributed by atoms with E-state index in [1.54, 1.807) is 6.26 Å². The van der Waals surface area contributed by atoms with Gasteiger partial charge in [-0.1, -0.05) is 42.0 Å². The second kappa shape index (κ2) is 7.36. The topological polar surface area (TPSA) is 46.2 Å². The van der Waals surface area contributed by atoms with Gasteiger partial charge < -0.3 is 5.32 Å². The molecule has 1 unspecified atom stereocenters. The number of carbonyl (C=O) groups excluding carboxylic acids is 1. The first-order valence-corrected chi connectivity index (χ1v) is 8.92. The van der Waals surface area contributed by atoms with Gasteiger partial charge in [-0.2, -0.15) is 0 Å². The summed E-state index contributed by atoms with van der Waals surface area (Å²) in [7, 11) is -0.895. The second-order valence-electron chi connectivity index (χ2n) is 5.52. The molecule has 0 saturated heterocycles. The summed E-state index contributed by atoms with van der Waals surface area (Å²) in [5, 5.41) is 2.95. The van der Waals surface area contributed by atoms with Crippen LogP contribution in [0.15, 0.2) is 42.5 Å². The predicted octanol–water partition coefficient (Wildman–Crippen LogP) is 3.36. The van der Waals surface area contributed by atoms with Gasteiger partial charge in [0.2, 0.25) is 5.91 Å². The number of hydrogen-bond acceptors (Lipinski definition) is 2. The lowest BCUT2D eigenvalue weighted by Crippen LogP contribution is -2.15. The molecule has 1 N–H and O–H groups in total. The van der Waals surface area contributed by atoms with E-state index in [9.17, 15) is 9.00 Å². The fourth-order valence-corrected chi connectivity index (χ4v) is 3.15. The zero-order valence-corrected chi connectivity index (χ0v) is 14.0. The van der Waals surface area contributed by atoms with Crippen LogP contribution < -0.4 is 5.32 Å². The molecule has 0 aromatic heterocycles. The molecular formula is C18H21NO2S. The van der Waals surface area contributed by atoms with Crippen molar-refractivity contribution in [2.45, 2.75) is 26.0 Å². The zero-order chi connectivity index (χ0) is 16.1. The number of hydrogen-bond donors (Lipinski definition) is 1. The van der Waals surface area contributed by atoms with Crippen LogP contribution in [0.1, 0.15) is 22.3 Å². The highest BCUT2D eigenvalue weighted by Gasteiger charge is 2.09. The third kappa shape index (κ3) is 4.53. The van der Waals surface area contributed by atoms with Crippen molar-refractivity contribution >= 4 is 22.4 Å². The molecule has 3 nitrogen and oxygen atoms in total. The smallest absolute Gasteiger partial charge is 0.228 e. The molecule has 4 heteroatoms. The van der Waals surface area contributed by atoms with Gasteiger partial charge in [0.1, 0.15) is 0 Å². The number of amides is 1. The summed E-state index contributed by atoms with van der Waals surface area (Å²) in [5.41, 5.74) is 4.93. The maximum Gasteiger partial charge on any atom is 0.228 e. The SMILES string of the molecule is Cc1cccc(CC(=O)Nc2cccc(CS(C)=O)c2C)c1. The Balaban J connectivity index is 2.10. The van der Waals surface area contributed by atoms with Gasteiger partial charge in [0.25, 0.3) is 0 Å². The maximum absolute atomic E-state index is 12.2. The average molecular weight is 315 g/mol. The van der Waals surface area contributed by atoms with Gasteiger partial charge in [0.05, 0.1) is 6.42 Å². The van der Waals surface area contributed by atoms with Crippen molar-refractivity contribution in [2.24, 2.45) is 0 Å². The Morgan fingerprint density at radius 3 is 2.55 bits per heavy atom. The van der Waals surface area contributed by atoms with E-state index < -0.39 is 10.8 Å². The summed E-state index contributed by atoms with van der Waals surface area (Å²) in [4.78, 5) is 12.2. The van der Waals surface area contributed by atoms with E-state index in [2.05, 4.69) is 5.32 Å². The predicted molar refractivity (Wildman–Crippen MR) is 92.5 cm³/mol. The largest absolute Gasteiger partial charge is 0.326 e. The molecule has 0 saturated carbocycles. The van der Waals surface area contributed by atoms with E-state index in [1.165, 1.54) is 0 Å². The Morgan fingerprint density at radius 2 is 1.86 bits per heavy atom. The average Bonchev–Trinajstić information content (AvgIpc) is 2.42. The van der Waals surface area contributed by atoms with Crippen LogP contribution in [0.25, 0.3) is 0 Å². The number of aryl methyl sites for hydroxylation is 1. The van der Waals surface area contributed by atoms with Crippen molar-refractivity contribution in [3.63, 3.8) is 0 Å². The normalized spacial score (nSPS) is 12.0. The fourth-order valence-electron chi connectivity index (χ4n) is 2.40. The Morgan fingerprint density at radius 1 is 1.14 bits per heavy atom. The summed E-state index contributed by atoms with van der Waals surface area (Å²) in [6, 6.07) is 13.7. The van der Waals surface area contributed by atoms with E-state index >= 15 is 0 Å². The molecule has 0 bridgehead atoms. The van der Waals surface area contributed by atoms with E-state index in [1.807, 2.05) is 56.3 Å². The van der Waals surface area contributed by atoms with Crippen LogP contribution in [0.2, 0.25) is 0 Å². The molecule has 2 aromatic carbocycles. The number of rotatable bonds is 5. The standard InChI is InChI=1S/C18H21NO2S/c1-13-6-4-7-15(10-13)11-18(20)19-17-9-5-8-16(14(17)2)12-22(3)21/h4-10H,11-12H2,1-3H3,(H,19,20).